The summed E-state index contributed by atoms with van der Waals surface area (Å²) in [7, 11) is 1.60. The first kappa shape index (κ1) is 13.2. The highest BCUT2D eigenvalue weighted by atomic mass is 35.5. The number of benzene rings is 1. The number of rotatable bonds is 4. The molecule has 0 bridgehead atoms. The smallest absolute Gasteiger partial charge is 0.310 e. The van der Waals surface area contributed by atoms with Crippen LogP contribution in [0.5, 0.6) is 5.75 Å². The third-order valence-corrected chi connectivity index (χ3v) is 3.83. The fourth-order valence-electron chi connectivity index (χ4n) is 1.77. The van der Waals surface area contributed by atoms with E-state index in [1.807, 2.05) is 11.4 Å². The standard InChI is InChI=1S/C13H13ClO3S/c1-3-17-12(15)4-8-7-18-11-6-9(16-2)5-10(14)13(8)11/h5-7H,3-4H2,1-2H3. The summed E-state index contributed by atoms with van der Waals surface area (Å²) in [6.45, 7) is 2.18. The van der Waals surface area contributed by atoms with E-state index in [1.54, 1.807) is 31.4 Å². The normalized spacial score (nSPS) is 10.6. The van der Waals surface area contributed by atoms with Crippen molar-refractivity contribution in [2.24, 2.45) is 0 Å². The molecule has 0 aliphatic carbocycles. The van der Waals surface area contributed by atoms with Gasteiger partial charge < -0.3 is 9.47 Å². The van der Waals surface area contributed by atoms with Gasteiger partial charge in [0.15, 0.2) is 0 Å². The monoisotopic (exact) mass is 284 g/mol. The van der Waals surface area contributed by atoms with E-state index in [2.05, 4.69) is 0 Å². The van der Waals surface area contributed by atoms with Crippen LogP contribution in [0.1, 0.15) is 12.5 Å². The fourth-order valence-corrected chi connectivity index (χ4v) is 3.17. The molecule has 96 valence electrons. The summed E-state index contributed by atoms with van der Waals surface area (Å²) in [6, 6.07) is 3.67. The largest absolute Gasteiger partial charge is 0.497 e. The Hall–Kier alpha value is -1.26. The minimum absolute atomic E-state index is 0.232. The maximum absolute atomic E-state index is 11.5. The number of hydrogen-bond acceptors (Lipinski definition) is 4. The first-order valence-electron chi connectivity index (χ1n) is 5.55. The second-order valence-electron chi connectivity index (χ2n) is 3.73. The minimum Gasteiger partial charge on any atom is -0.497 e. The topological polar surface area (TPSA) is 35.5 Å². The van der Waals surface area contributed by atoms with Crippen LogP contribution in [0.3, 0.4) is 0 Å². The lowest BCUT2D eigenvalue weighted by Crippen LogP contribution is -2.06. The van der Waals surface area contributed by atoms with Gasteiger partial charge in [-0.3, -0.25) is 4.79 Å². The zero-order chi connectivity index (χ0) is 13.1. The van der Waals surface area contributed by atoms with Crippen LogP contribution < -0.4 is 4.74 Å². The molecule has 0 saturated heterocycles. The van der Waals surface area contributed by atoms with Gasteiger partial charge >= 0.3 is 5.97 Å². The van der Waals surface area contributed by atoms with Crippen molar-refractivity contribution in [1.29, 1.82) is 0 Å². The van der Waals surface area contributed by atoms with Gasteiger partial charge in [0.25, 0.3) is 0 Å². The quantitative estimate of drug-likeness (QED) is 0.804. The van der Waals surface area contributed by atoms with Gasteiger partial charge in [0.05, 0.1) is 25.2 Å². The molecule has 2 aromatic rings. The lowest BCUT2D eigenvalue weighted by Gasteiger charge is -2.04. The maximum atomic E-state index is 11.5. The summed E-state index contributed by atoms with van der Waals surface area (Å²) in [5.74, 6) is 0.487. The highest BCUT2D eigenvalue weighted by Gasteiger charge is 2.13. The van der Waals surface area contributed by atoms with Gasteiger partial charge in [-0.05, 0) is 30.0 Å². The van der Waals surface area contributed by atoms with E-state index in [4.69, 9.17) is 21.1 Å². The lowest BCUT2D eigenvalue weighted by molar-refractivity contribution is -0.142. The van der Waals surface area contributed by atoms with Crippen molar-refractivity contribution in [1.82, 2.24) is 0 Å². The third-order valence-electron chi connectivity index (χ3n) is 2.55. The molecular formula is C13H13ClO3S. The van der Waals surface area contributed by atoms with Gasteiger partial charge in [0.1, 0.15) is 5.75 Å². The van der Waals surface area contributed by atoms with E-state index in [-0.39, 0.29) is 12.4 Å². The van der Waals surface area contributed by atoms with Crippen LogP contribution in [-0.4, -0.2) is 19.7 Å². The molecule has 5 heteroatoms. The number of fused-ring (bicyclic) bond motifs is 1. The predicted octanol–water partition coefficient (Wildman–Crippen LogP) is 3.67. The van der Waals surface area contributed by atoms with Gasteiger partial charge in [-0.25, -0.2) is 0 Å². The Balaban J connectivity index is 2.38. The van der Waals surface area contributed by atoms with E-state index in [0.717, 1.165) is 21.4 Å². The Morgan fingerprint density at radius 3 is 2.89 bits per heavy atom. The highest BCUT2D eigenvalue weighted by molar-refractivity contribution is 7.17. The molecule has 0 atom stereocenters. The SMILES string of the molecule is CCOC(=O)Cc1csc2cc(OC)cc(Cl)c12. The van der Waals surface area contributed by atoms with E-state index >= 15 is 0 Å². The number of methoxy groups -OCH3 is 1. The van der Waals surface area contributed by atoms with E-state index < -0.39 is 0 Å². The van der Waals surface area contributed by atoms with Crippen molar-refractivity contribution < 1.29 is 14.3 Å². The fraction of sp³-hybridized carbons (Fsp3) is 0.308. The molecule has 0 spiro atoms. The number of halogens is 1. The molecule has 1 aromatic heterocycles. The summed E-state index contributed by atoms with van der Waals surface area (Å²) >= 11 is 7.77. The third kappa shape index (κ3) is 2.60. The number of carbonyl (C=O) groups is 1. The molecule has 2 rings (SSSR count). The average Bonchev–Trinajstić information content (AvgIpc) is 2.73. The highest BCUT2D eigenvalue weighted by Crippen LogP contribution is 2.36. The Morgan fingerprint density at radius 2 is 2.22 bits per heavy atom. The van der Waals surface area contributed by atoms with Crippen molar-refractivity contribution in [3.8, 4) is 5.75 Å². The van der Waals surface area contributed by atoms with E-state index in [1.165, 1.54) is 0 Å². The first-order valence-corrected chi connectivity index (χ1v) is 6.80. The predicted molar refractivity (Wildman–Crippen MR) is 73.7 cm³/mol. The molecule has 3 nitrogen and oxygen atoms in total. The zero-order valence-electron chi connectivity index (χ0n) is 10.2. The second-order valence-corrected chi connectivity index (χ2v) is 5.04. The molecule has 0 aliphatic heterocycles. The molecule has 0 radical (unpaired) electrons. The van der Waals surface area contributed by atoms with Crippen molar-refractivity contribution in [2.45, 2.75) is 13.3 Å². The van der Waals surface area contributed by atoms with Crippen molar-refractivity contribution in [2.75, 3.05) is 13.7 Å². The second kappa shape index (κ2) is 5.59. The number of ether oxygens (including phenoxy) is 2. The van der Waals surface area contributed by atoms with E-state index in [9.17, 15) is 4.79 Å². The van der Waals surface area contributed by atoms with Gasteiger partial charge in [-0.2, -0.15) is 0 Å². The van der Waals surface area contributed by atoms with Gasteiger partial charge in [0, 0.05) is 10.1 Å². The molecule has 0 saturated carbocycles. The van der Waals surface area contributed by atoms with Gasteiger partial charge in [-0.15, -0.1) is 11.3 Å². The Bertz CT molecular complexity index is 577. The Morgan fingerprint density at radius 1 is 1.44 bits per heavy atom. The van der Waals surface area contributed by atoms with Crippen molar-refractivity contribution in [3.05, 3.63) is 28.1 Å². The van der Waals surface area contributed by atoms with Gasteiger partial charge in [0.2, 0.25) is 0 Å². The molecule has 1 aromatic carbocycles. The van der Waals surface area contributed by atoms with Crippen LogP contribution >= 0.6 is 22.9 Å². The molecule has 18 heavy (non-hydrogen) atoms. The molecule has 0 aliphatic rings. The summed E-state index contributed by atoms with van der Waals surface area (Å²) in [5, 5.41) is 3.45. The number of carbonyl (C=O) groups excluding carboxylic acids is 1. The summed E-state index contributed by atoms with van der Waals surface area (Å²) in [6.07, 6.45) is 0.250. The Kier molecular flexibility index (Phi) is 4.09. The summed E-state index contributed by atoms with van der Waals surface area (Å²) in [5.41, 5.74) is 0.904. The molecule has 0 fully saturated rings. The van der Waals surface area contributed by atoms with E-state index in [0.29, 0.717) is 11.6 Å². The molecular weight excluding hydrogens is 272 g/mol. The van der Waals surface area contributed by atoms with Gasteiger partial charge in [-0.1, -0.05) is 11.6 Å². The first-order chi connectivity index (χ1) is 8.65. The van der Waals surface area contributed by atoms with Crippen LogP contribution in [0.15, 0.2) is 17.5 Å². The Labute approximate surface area is 114 Å². The molecule has 0 amide bonds. The number of thiophene rings is 1. The van der Waals surface area contributed by atoms with Crippen LogP contribution in [0, 0.1) is 0 Å². The zero-order valence-corrected chi connectivity index (χ0v) is 11.7. The van der Waals surface area contributed by atoms with Crippen LogP contribution in [0.25, 0.3) is 10.1 Å². The molecule has 0 N–H and O–H groups in total. The maximum Gasteiger partial charge on any atom is 0.310 e. The summed E-state index contributed by atoms with van der Waals surface area (Å²) < 4.78 is 11.1. The summed E-state index contributed by atoms with van der Waals surface area (Å²) in [4.78, 5) is 11.5. The van der Waals surface area contributed by atoms with Crippen molar-refractivity contribution in [3.63, 3.8) is 0 Å². The lowest BCUT2D eigenvalue weighted by atomic mass is 10.1. The number of hydrogen-bond donors (Lipinski definition) is 0. The average molecular weight is 285 g/mol. The minimum atomic E-state index is -0.232. The van der Waals surface area contributed by atoms with Crippen LogP contribution in [0.2, 0.25) is 5.02 Å². The molecule has 1 heterocycles. The van der Waals surface area contributed by atoms with Crippen molar-refractivity contribution >= 4 is 39.0 Å². The number of esters is 1. The van der Waals surface area contributed by atoms with Crippen LogP contribution in [-0.2, 0) is 16.0 Å². The van der Waals surface area contributed by atoms with Crippen LogP contribution in [0.4, 0.5) is 0 Å². The molecule has 0 unspecified atom stereocenters.